The number of hydrogen-bond acceptors (Lipinski definition) is 8. The van der Waals surface area contributed by atoms with Crippen LogP contribution in [0.3, 0.4) is 0 Å². The van der Waals surface area contributed by atoms with Crippen LogP contribution >= 0.6 is 0 Å². The number of aliphatic carboxylic acids is 1. The van der Waals surface area contributed by atoms with Crippen LogP contribution in [0.4, 0.5) is 0 Å². The maximum absolute atomic E-state index is 13.2. The predicted octanol–water partition coefficient (Wildman–Crippen LogP) is 3.00. The molecule has 240 valence electrons. The number of carbonyl (C=O) groups is 4. The van der Waals surface area contributed by atoms with E-state index in [9.17, 15) is 39.8 Å². The van der Waals surface area contributed by atoms with Gasteiger partial charge in [0.25, 0.3) is 0 Å². The number of carboxylic acids is 1. The average molecular weight is 604 g/mol. The molecule has 0 bridgehead atoms. The van der Waals surface area contributed by atoms with Gasteiger partial charge < -0.3 is 31.1 Å². The van der Waals surface area contributed by atoms with Crippen LogP contribution < -0.4 is 11.1 Å². The van der Waals surface area contributed by atoms with Crippen molar-refractivity contribution in [3.05, 3.63) is 23.8 Å². The molecule has 0 spiro atoms. The zero-order chi connectivity index (χ0) is 32.3. The number of carboxylic acid groups (broad SMARTS) is 1. The first kappa shape index (κ1) is 36.0. The number of nitrogens with two attached hydrogens (primary N) is 1. The molecule has 11 heteroatoms. The Morgan fingerprint density at radius 2 is 1.74 bits per heavy atom. The van der Waals surface area contributed by atoms with Crippen molar-refractivity contribution in [1.82, 2.24) is 5.32 Å². The normalized spacial score (nSPS) is 36.0. The summed E-state index contributed by atoms with van der Waals surface area (Å²) >= 11 is 0. The number of nitrogens with one attached hydrogen (secondary N) is 1. The van der Waals surface area contributed by atoms with Crippen LogP contribution in [0.15, 0.2) is 23.8 Å². The summed E-state index contributed by atoms with van der Waals surface area (Å²) in [5.74, 6) is -4.25. The molecule has 0 aromatic carbocycles. The average Bonchev–Trinajstić information content (AvgIpc) is 3.40. The van der Waals surface area contributed by atoms with Gasteiger partial charge in [0.2, 0.25) is 11.8 Å². The summed E-state index contributed by atoms with van der Waals surface area (Å²) in [6.07, 6.45) is 5.65. The van der Waals surface area contributed by atoms with Crippen molar-refractivity contribution in [3.8, 4) is 6.07 Å². The maximum Gasteiger partial charge on any atom is 0.326 e. The molecule has 0 saturated heterocycles. The van der Waals surface area contributed by atoms with E-state index in [0.717, 1.165) is 12.8 Å². The van der Waals surface area contributed by atoms with E-state index in [0.29, 0.717) is 31.6 Å². The number of allylic oxidation sites excluding steroid dienone is 2. The van der Waals surface area contributed by atoms with Gasteiger partial charge in [0.15, 0.2) is 0 Å². The second kappa shape index (κ2) is 17.2. The van der Waals surface area contributed by atoms with Crippen LogP contribution in [0.5, 0.6) is 0 Å². The van der Waals surface area contributed by atoms with Crippen molar-refractivity contribution >= 4 is 23.8 Å². The van der Waals surface area contributed by atoms with E-state index in [1.807, 2.05) is 13.8 Å². The summed E-state index contributed by atoms with van der Waals surface area (Å²) in [7, 11) is 0. The van der Waals surface area contributed by atoms with E-state index >= 15 is 0 Å². The van der Waals surface area contributed by atoms with E-state index in [1.165, 1.54) is 0 Å². The van der Waals surface area contributed by atoms with Crippen molar-refractivity contribution in [3.63, 3.8) is 0 Å². The Balaban J connectivity index is 2.35. The highest BCUT2D eigenvalue weighted by Crippen LogP contribution is 2.37. The van der Waals surface area contributed by atoms with Crippen LogP contribution in [0.1, 0.15) is 85.5 Å². The molecule has 2 aliphatic rings. The minimum atomic E-state index is -1.47. The second-order valence-electron chi connectivity index (χ2n) is 12.8. The number of aliphatic hydroxyl groups excluding tert-OH is 2. The number of nitriles is 1. The summed E-state index contributed by atoms with van der Waals surface area (Å²) in [5.41, 5.74) is 5.37. The summed E-state index contributed by atoms with van der Waals surface area (Å²) in [5, 5.41) is 43.2. The van der Waals surface area contributed by atoms with Crippen molar-refractivity contribution < 1.29 is 39.2 Å². The molecule has 0 unspecified atom stereocenters. The highest BCUT2D eigenvalue weighted by Gasteiger charge is 2.41. The van der Waals surface area contributed by atoms with Crippen molar-refractivity contribution in [2.24, 2.45) is 41.2 Å². The van der Waals surface area contributed by atoms with E-state index in [-0.39, 0.29) is 36.2 Å². The summed E-state index contributed by atoms with van der Waals surface area (Å²) in [4.78, 5) is 49.1. The van der Waals surface area contributed by atoms with Crippen molar-refractivity contribution in [1.29, 1.82) is 5.26 Å². The number of nitrogens with zero attached hydrogens (tertiary/aromatic N) is 1. The molecule has 43 heavy (non-hydrogen) atoms. The lowest BCUT2D eigenvalue weighted by molar-refractivity contribution is -0.157. The molecule has 2 amide bonds. The fourth-order valence-corrected chi connectivity index (χ4v) is 6.67. The second-order valence-corrected chi connectivity index (χ2v) is 12.8. The third-order valence-corrected chi connectivity index (χ3v) is 8.84. The largest absolute Gasteiger partial charge is 0.480 e. The molecule has 6 N–H and O–H groups in total. The van der Waals surface area contributed by atoms with Gasteiger partial charge in [-0.25, -0.2) is 4.79 Å². The van der Waals surface area contributed by atoms with E-state index < -0.39 is 66.4 Å². The first-order chi connectivity index (χ1) is 20.2. The maximum atomic E-state index is 13.2. The molecular formula is C32H49N3O8. The van der Waals surface area contributed by atoms with Crippen LogP contribution in [-0.4, -0.2) is 63.4 Å². The topological polar surface area (TPSA) is 200 Å². The van der Waals surface area contributed by atoms with Crippen LogP contribution in [0.25, 0.3) is 0 Å². The van der Waals surface area contributed by atoms with Gasteiger partial charge in [0.05, 0.1) is 36.7 Å². The predicted molar refractivity (Wildman–Crippen MR) is 159 cm³/mol. The Labute approximate surface area is 254 Å². The van der Waals surface area contributed by atoms with Gasteiger partial charge in [-0.2, -0.15) is 5.26 Å². The molecule has 1 saturated carbocycles. The third-order valence-electron chi connectivity index (χ3n) is 8.84. The lowest BCUT2D eigenvalue weighted by atomic mass is 9.82. The van der Waals surface area contributed by atoms with E-state index in [2.05, 4.69) is 25.2 Å². The molecule has 0 aromatic rings. The number of primary amides is 1. The number of hydrogen-bond donors (Lipinski definition) is 5. The van der Waals surface area contributed by atoms with Crippen molar-refractivity contribution in [2.75, 3.05) is 0 Å². The Kier molecular flexibility index (Phi) is 14.4. The minimum absolute atomic E-state index is 0.140. The molecule has 1 heterocycles. The molecule has 10 atom stereocenters. The molecule has 1 fully saturated rings. The number of aliphatic hydroxyl groups is 2. The number of amides is 2. The van der Waals surface area contributed by atoms with Crippen LogP contribution in [-0.2, 0) is 23.9 Å². The van der Waals surface area contributed by atoms with Crippen LogP contribution in [0, 0.1) is 46.8 Å². The number of rotatable bonds is 6. The third kappa shape index (κ3) is 11.4. The number of cyclic esters (lactones) is 1. The van der Waals surface area contributed by atoms with Gasteiger partial charge in [-0.15, -0.1) is 0 Å². The monoisotopic (exact) mass is 603 g/mol. The lowest BCUT2D eigenvalue weighted by Crippen LogP contribution is -2.47. The first-order valence-electron chi connectivity index (χ1n) is 15.4. The molecule has 1 aliphatic carbocycles. The summed E-state index contributed by atoms with van der Waals surface area (Å²) < 4.78 is 5.88. The van der Waals surface area contributed by atoms with Gasteiger partial charge >= 0.3 is 11.9 Å². The number of ether oxygens (including phenoxy) is 1. The smallest absolute Gasteiger partial charge is 0.326 e. The van der Waals surface area contributed by atoms with E-state index in [1.54, 1.807) is 18.2 Å². The standard InChI is InChI=1S/C32H49N3O8/c1-18-12-19(2)14-21(4)30(39)22(17-33)8-5-6-11-27(43-29(38)16-26(36)20(3)13-18)23-9-7-10-24(23)31(40)35-25(32(41)42)15-28(34)37/h5-6,8,18-21,23-27,30,36,39H,7,9-16H2,1-4H3,(H2,34,37)(H,35,40)(H,41,42)/b6-5+,22-8-/t18-,19+,20-,21-,23+,24+,25-,26-,27-,30+/m0/s1. The molecule has 1 aliphatic heterocycles. The molecule has 0 aromatic heterocycles. The zero-order valence-electron chi connectivity index (χ0n) is 25.8. The SMILES string of the molecule is C[C@@H]1C[C@H](C)C[C@H](C)[C@@H](O)CC(=O)O[C@H]([C@@H]2CCC[C@H]2C(=O)N[C@@H](CC(N)=O)C(=O)O)C/C=C/C=C(/C#N)[C@H](O)[C@@H](C)C1. The fraction of sp³-hybridized carbons (Fsp3) is 0.719. The minimum Gasteiger partial charge on any atom is -0.480 e. The van der Waals surface area contributed by atoms with Crippen molar-refractivity contribution in [2.45, 2.75) is 110 Å². The number of esters is 1. The summed E-state index contributed by atoms with van der Waals surface area (Å²) in [6, 6.07) is 0.620. The lowest BCUT2D eigenvalue weighted by Gasteiger charge is -2.29. The molecule has 11 nitrogen and oxygen atoms in total. The number of carbonyl (C=O) groups excluding carboxylic acids is 3. The highest BCUT2D eigenvalue weighted by molar-refractivity contribution is 5.89. The first-order valence-corrected chi connectivity index (χ1v) is 15.4. The zero-order valence-corrected chi connectivity index (χ0v) is 25.8. The summed E-state index contributed by atoms with van der Waals surface area (Å²) in [6.45, 7) is 8.03. The Bertz CT molecular complexity index is 1080. The van der Waals surface area contributed by atoms with Gasteiger partial charge in [-0.1, -0.05) is 46.3 Å². The van der Waals surface area contributed by atoms with Gasteiger partial charge in [-0.05, 0) is 61.9 Å². The fourth-order valence-electron chi connectivity index (χ4n) is 6.67. The van der Waals surface area contributed by atoms with E-state index in [4.69, 9.17) is 10.5 Å². The van der Waals surface area contributed by atoms with Gasteiger partial charge in [-0.3, -0.25) is 14.4 Å². The highest BCUT2D eigenvalue weighted by atomic mass is 16.5. The molecule has 2 rings (SSSR count). The van der Waals surface area contributed by atoms with Crippen LogP contribution in [0.2, 0.25) is 0 Å². The quantitative estimate of drug-likeness (QED) is 0.283. The Hall–Kier alpha value is -3.23. The Morgan fingerprint density at radius 3 is 2.35 bits per heavy atom. The molecular weight excluding hydrogens is 554 g/mol. The van der Waals surface area contributed by atoms with Gasteiger partial charge in [0.1, 0.15) is 12.1 Å². The van der Waals surface area contributed by atoms with Gasteiger partial charge in [0, 0.05) is 18.3 Å². The molecule has 0 radical (unpaired) electrons. The Morgan fingerprint density at radius 1 is 1.09 bits per heavy atom.